The summed E-state index contributed by atoms with van der Waals surface area (Å²) in [7, 11) is 0. The van der Waals surface area contributed by atoms with Crippen molar-refractivity contribution in [3.63, 3.8) is 0 Å². The number of aromatic nitrogens is 5. The van der Waals surface area contributed by atoms with E-state index in [0.29, 0.717) is 42.3 Å². The lowest BCUT2D eigenvalue weighted by Crippen LogP contribution is -2.49. The highest BCUT2D eigenvalue weighted by molar-refractivity contribution is 5.46. The van der Waals surface area contributed by atoms with Crippen molar-refractivity contribution in [3.05, 3.63) is 64.7 Å². The monoisotopic (exact) mass is 482 g/mol. The van der Waals surface area contributed by atoms with Crippen molar-refractivity contribution < 1.29 is 14.2 Å². The van der Waals surface area contributed by atoms with Crippen LogP contribution < -0.4 is 5.69 Å². The molecule has 1 aromatic carbocycles. The largest absolute Gasteiger partial charge is 0.390 e. The van der Waals surface area contributed by atoms with E-state index in [1.165, 1.54) is 10.7 Å². The highest BCUT2D eigenvalue weighted by Gasteiger charge is 2.41. The standard InChI is InChI=1S/C25H31FN6O3/c1-2-30-24(23-13-27-9-10-28-23)29-32(25(30)34)15-20(33)14-31-18-7-8-19(31)12-21(11-18)35-16-17-5-3-4-6-22(17)26/h3-6,9-10,13,18-21,33H,2,7-8,11-12,14-16H2,1H3. The Morgan fingerprint density at radius 2 is 1.94 bits per heavy atom. The van der Waals surface area contributed by atoms with E-state index in [1.807, 2.05) is 13.0 Å². The first-order valence-electron chi connectivity index (χ1n) is 12.3. The number of aliphatic hydroxyl groups is 1. The van der Waals surface area contributed by atoms with Crippen LogP contribution in [0.15, 0.2) is 47.7 Å². The Morgan fingerprint density at radius 1 is 1.17 bits per heavy atom. The molecule has 2 aliphatic heterocycles. The van der Waals surface area contributed by atoms with Crippen LogP contribution in [-0.4, -0.2) is 65.2 Å². The molecule has 10 heteroatoms. The van der Waals surface area contributed by atoms with Gasteiger partial charge in [0, 0.05) is 43.1 Å². The SMILES string of the molecule is CCn1c(-c2cnccn2)nn(CC(O)CN2C3CCC2CC(OCc2ccccc2F)C3)c1=O. The summed E-state index contributed by atoms with van der Waals surface area (Å²) in [5.74, 6) is 0.213. The third-order valence-corrected chi connectivity index (χ3v) is 7.11. The van der Waals surface area contributed by atoms with Gasteiger partial charge in [0.15, 0.2) is 5.82 Å². The van der Waals surface area contributed by atoms with E-state index in [9.17, 15) is 14.3 Å². The molecule has 2 bridgehead atoms. The lowest BCUT2D eigenvalue weighted by Gasteiger charge is -2.39. The topological polar surface area (TPSA) is 98.3 Å². The van der Waals surface area contributed by atoms with Crippen LogP contribution in [0.5, 0.6) is 0 Å². The number of halogens is 1. The molecule has 0 spiro atoms. The number of aliphatic hydroxyl groups excluding tert-OH is 1. The van der Waals surface area contributed by atoms with Gasteiger partial charge in [-0.05, 0) is 38.7 Å². The molecule has 5 rings (SSSR count). The molecule has 186 valence electrons. The Morgan fingerprint density at radius 3 is 2.63 bits per heavy atom. The predicted octanol–water partition coefficient (Wildman–Crippen LogP) is 2.23. The van der Waals surface area contributed by atoms with Crippen LogP contribution >= 0.6 is 0 Å². The van der Waals surface area contributed by atoms with Gasteiger partial charge in [-0.15, -0.1) is 5.10 Å². The lowest BCUT2D eigenvalue weighted by atomic mass is 9.99. The zero-order valence-electron chi connectivity index (χ0n) is 19.8. The van der Waals surface area contributed by atoms with Crippen LogP contribution in [0.3, 0.4) is 0 Å². The fraction of sp³-hybridized carbons (Fsp3) is 0.520. The second kappa shape index (κ2) is 10.3. The number of hydrogen-bond acceptors (Lipinski definition) is 7. The van der Waals surface area contributed by atoms with Crippen molar-refractivity contribution >= 4 is 0 Å². The molecule has 0 aliphatic carbocycles. The van der Waals surface area contributed by atoms with Crippen molar-refractivity contribution in [1.29, 1.82) is 0 Å². The molecule has 2 fully saturated rings. The smallest absolute Gasteiger partial charge is 0.346 e. The molecule has 4 heterocycles. The summed E-state index contributed by atoms with van der Waals surface area (Å²) < 4.78 is 22.8. The van der Waals surface area contributed by atoms with E-state index < -0.39 is 6.10 Å². The summed E-state index contributed by atoms with van der Waals surface area (Å²) in [5, 5.41) is 15.3. The molecule has 3 unspecified atom stereocenters. The fourth-order valence-corrected chi connectivity index (χ4v) is 5.43. The summed E-state index contributed by atoms with van der Waals surface area (Å²) in [5.41, 5.74) is 0.834. The molecule has 2 aromatic heterocycles. The van der Waals surface area contributed by atoms with Crippen LogP contribution in [0.4, 0.5) is 4.39 Å². The van der Waals surface area contributed by atoms with E-state index in [0.717, 1.165) is 25.7 Å². The maximum atomic E-state index is 13.9. The highest BCUT2D eigenvalue weighted by Crippen LogP contribution is 2.37. The van der Waals surface area contributed by atoms with Gasteiger partial charge in [-0.3, -0.25) is 14.5 Å². The molecule has 35 heavy (non-hydrogen) atoms. The number of benzene rings is 1. The Hall–Kier alpha value is -2.95. The van der Waals surface area contributed by atoms with E-state index >= 15 is 0 Å². The average molecular weight is 483 g/mol. The van der Waals surface area contributed by atoms with Crippen LogP contribution in [0.1, 0.15) is 38.2 Å². The molecule has 0 saturated carbocycles. The minimum Gasteiger partial charge on any atom is -0.390 e. The third-order valence-electron chi connectivity index (χ3n) is 7.11. The van der Waals surface area contributed by atoms with Gasteiger partial charge in [-0.1, -0.05) is 18.2 Å². The molecule has 9 nitrogen and oxygen atoms in total. The van der Waals surface area contributed by atoms with Crippen molar-refractivity contribution in [1.82, 2.24) is 29.2 Å². The first-order valence-corrected chi connectivity index (χ1v) is 12.3. The molecule has 0 radical (unpaired) electrons. The van der Waals surface area contributed by atoms with Crippen molar-refractivity contribution in [2.75, 3.05) is 6.54 Å². The predicted molar refractivity (Wildman–Crippen MR) is 127 cm³/mol. The van der Waals surface area contributed by atoms with E-state index in [4.69, 9.17) is 4.74 Å². The number of rotatable bonds is 9. The Kier molecular flexibility index (Phi) is 7.03. The molecule has 2 aliphatic rings. The van der Waals surface area contributed by atoms with Crippen LogP contribution in [0.25, 0.3) is 11.5 Å². The second-order valence-corrected chi connectivity index (χ2v) is 9.35. The van der Waals surface area contributed by atoms with Gasteiger partial charge in [-0.2, -0.15) is 0 Å². The fourth-order valence-electron chi connectivity index (χ4n) is 5.43. The van der Waals surface area contributed by atoms with Gasteiger partial charge in [-0.25, -0.2) is 18.9 Å². The van der Waals surface area contributed by atoms with Crippen LogP contribution in [-0.2, 0) is 24.4 Å². The number of piperidine rings is 1. The Bertz CT molecular complexity index is 1190. The number of nitrogens with zero attached hydrogens (tertiary/aromatic N) is 6. The molecular formula is C25H31FN6O3. The highest BCUT2D eigenvalue weighted by atomic mass is 19.1. The Balaban J connectivity index is 1.20. The first-order chi connectivity index (χ1) is 17.0. The van der Waals surface area contributed by atoms with E-state index in [1.54, 1.807) is 35.3 Å². The van der Waals surface area contributed by atoms with Crippen molar-refractivity contribution in [2.45, 2.75) is 76.6 Å². The normalized spacial score (nSPS) is 23.0. The summed E-state index contributed by atoms with van der Waals surface area (Å²) in [6.45, 7) is 3.19. The van der Waals surface area contributed by atoms with Crippen LogP contribution in [0.2, 0.25) is 0 Å². The maximum absolute atomic E-state index is 13.9. The molecule has 3 aromatic rings. The van der Waals surface area contributed by atoms with Gasteiger partial charge < -0.3 is 9.84 Å². The van der Waals surface area contributed by atoms with Gasteiger partial charge in [0.05, 0.1) is 31.6 Å². The molecule has 0 amide bonds. The van der Waals surface area contributed by atoms with E-state index in [2.05, 4.69) is 20.0 Å². The second-order valence-electron chi connectivity index (χ2n) is 9.35. The lowest BCUT2D eigenvalue weighted by molar-refractivity contribution is -0.0408. The summed E-state index contributed by atoms with van der Waals surface area (Å²) in [4.78, 5) is 23.5. The Labute approximate surface area is 203 Å². The first kappa shape index (κ1) is 23.8. The zero-order chi connectivity index (χ0) is 24.4. The van der Waals surface area contributed by atoms with E-state index in [-0.39, 0.29) is 30.8 Å². The summed E-state index contributed by atoms with van der Waals surface area (Å²) >= 11 is 0. The molecule has 1 N–H and O–H groups in total. The minimum atomic E-state index is -0.735. The number of fused-ring (bicyclic) bond motifs is 2. The number of hydrogen-bond donors (Lipinski definition) is 1. The van der Waals surface area contributed by atoms with Crippen molar-refractivity contribution in [2.24, 2.45) is 0 Å². The maximum Gasteiger partial charge on any atom is 0.346 e. The quantitative estimate of drug-likeness (QED) is 0.499. The van der Waals surface area contributed by atoms with Gasteiger partial charge >= 0.3 is 5.69 Å². The minimum absolute atomic E-state index is 0.0814. The third kappa shape index (κ3) is 5.05. The molecule has 3 atom stereocenters. The van der Waals surface area contributed by atoms with Crippen molar-refractivity contribution in [3.8, 4) is 11.5 Å². The number of ether oxygens (including phenoxy) is 1. The summed E-state index contributed by atoms with van der Waals surface area (Å²) in [6, 6.07) is 7.34. The zero-order valence-corrected chi connectivity index (χ0v) is 19.8. The summed E-state index contributed by atoms with van der Waals surface area (Å²) in [6.07, 6.45) is 7.88. The molecule has 2 saturated heterocycles. The van der Waals surface area contributed by atoms with Gasteiger partial charge in [0.25, 0.3) is 0 Å². The average Bonchev–Trinajstić information content (AvgIpc) is 3.29. The van der Waals surface area contributed by atoms with Crippen LogP contribution in [0, 0.1) is 5.82 Å². The van der Waals surface area contributed by atoms with Gasteiger partial charge in [0.2, 0.25) is 0 Å². The molecular weight excluding hydrogens is 451 g/mol. The van der Waals surface area contributed by atoms with Gasteiger partial charge in [0.1, 0.15) is 11.5 Å².